The Morgan fingerprint density at radius 1 is 1.44 bits per heavy atom. The fourth-order valence-electron chi connectivity index (χ4n) is 2.77. The number of rotatable bonds is 3. The Hall–Kier alpha value is -0.650. The highest BCUT2D eigenvalue weighted by atomic mass is 16.5. The largest absolute Gasteiger partial charge is 0.375 e. The molecule has 0 aromatic carbocycles. The second-order valence-corrected chi connectivity index (χ2v) is 5.22. The van der Waals surface area contributed by atoms with E-state index < -0.39 is 0 Å². The lowest BCUT2D eigenvalue weighted by atomic mass is 10.1. The first-order chi connectivity index (χ1) is 8.70. The highest BCUT2D eigenvalue weighted by Gasteiger charge is 2.27. The molecule has 2 aliphatic rings. The molecule has 1 amide bonds. The summed E-state index contributed by atoms with van der Waals surface area (Å²) < 4.78 is 5.59. The number of carbonyl (C=O) groups excluding carboxylic acids is 1. The van der Waals surface area contributed by atoms with Crippen molar-refractivity contribution < 1.29 is 9.53 Å². The number of piperazine rings is 1. The number of ether oxygens (including phenoxy) is 1. The quantitative estimate of drug-likeness (QED) is 0.766. The van der Waals surface area contributed by atoms with Crippen molar-refractivity contribution >= 4 is 5.91 Å². The van der Waals surface area contributed by atoms with Crippen LogP contribution in [0.4, 0.5) is 0 Å². The van der Waals surface area contributed by atoms with Crippen LogP contribution in [-0.2, 0) is 9.53 Å². The van der Waals surface area contributed by atoms with E-state index in [1.807, 2.05) is 4.90 Å². The molecule has 0 radical (unpaired) electrons. The zero-order valence-electron chi connectivity index (χ0n) is 11.5. The second kappa shape index (κ2) is 6.50. The van der Waals surface area contributed by atoms with Crippen LogP contribution in [0, 0.1) is 0 Å². The molecule has 0 aromatic rings. The molecule has 0 spiro atoms. The smallest absolute Gasteiger partial charge is 0.225 e. The van der Waals surface area contributed by atoms with Gasteiger partial charge in [-0.15, -0.1) is 0 Å². The Bertz CT molecular complexity index is 279. The number of nitrogens with one attached hydrogen (secondary N) is 1. The molecule has 0 aliphatic carbocycles. The normalized spacial score (nSPS) is 30.4. The molecule has 0 bridgehead atoms. The summed E-state index contributed by atoms with van der Waals surface area (Å²) in [6.07, 6.45) is 0.581. The number of morpholine rings is 1. The minimum Gasteiger partial charge on any atom is -0.375 e. The van der Waals surface area contributed by atoms with Crippen LogP contribution in [0.5, 0.6) is 0 Å². The van der Waals surface area contributed by atoms with Crippen LogP contribution in [0.25, 0.3) is 0 Å². The second-order valence-electron chi connectivity index (χ2n) is 5.22. The summed E-state index contributed by atoms with van der Waals surface area (Å²) >= 11 is 0. The van der Waals surface area contributed by atoms with Crippen molar-refractivity contribution in [3.8, 4) is 0 Å². The van der Waals surface area contributed by atoms with Crippen LogP contribution in [0.3, 0.4) is 0 Å². The van der Waals surface area contributed by atoms with Gasteiger partial charge < -0.3 is 15.0 Å². The third-order valence-corrected chi connectivity index (χ3v) is 3.93. The van der Waals surface area contributed by atoms with Crippen LogP contribution in [0.1, 0.15) is 20.3 Å². The van der Waals surface area contributed by atoms with Crippen molar-refractivity contribution in [2.45, 2.75) is 32.4 Å². The van der Waals surface area contributed by atoms with Gasteiger partial charge in [0.1, 0.15) is 0 Å². The van der Waals surface area contributed by atoms with Gasteiger partial charge in [0.05, 0.1) is 19.1 Å². The number of hydrogen-bond acceptors (Lipinski definition) is 4. The van der Waals surface area contributed by atoms with E-state index in [9.17, 15) is 4.79 Å². The number of amides is 1. The van der Waals surface area contributed by atoms with Gasteiger partial charge in [-0.25, -0.2) is 0 Å². The summed E-state index contributed by atoms with van der Waals surface area (Å²) in [4.78, 5) is 16.6. The highest BCUT2D eigenvalue weighted by Crippen LogP contribution is 2.12. The van der Waals surface area contributed by atoms with Crippen LogP contribution in [-0.4, -0.2) is 73.7 Å². The Kier molecular flexibility index (Phi) is 4.97. The summed E-state index contributed by atoms with van der Waals surface area (Å²) in [5, 5.41) is 3.26. The maximum absolute atomic E-state index is 12.2. The van der Waals surface area contributed by atoms with E-state index in [1.165, 1.54) is 0 Å². The van der Waals surface area contributed by atoms with Crippen LogP contribution in [0.2, 0.25) is 0 Å². The van der Waals surface area contributed by atoms with Crippen molar-refractivity contribution in [2.75, 3.05) is 45.9 Å². The molecule has 0 saturated carbocycles. The van der Waals surface area contributed by atoms with E-state index in [4.69, 9.17) is 4.74 Å². The van der Waals surface area contributed by atoms with Gasteiger partial charge in [-0.3, -0.25) is 9.69 Å². The summed E-state index contributed by atoms with van der Waals surface area (Å²) in [5.74, 6) is 0.242. The minimum absolute atomic E-state index is 0.0609. The maximum atomic E-state index is 12.2. The minimum atomic E-state index is 0.0609. The molecular formula is C13H25N3O2. The standard InChI is InChI=1S/C13H25N3O2/c1-3-15-5-6-16(10-11(15)2)13(17)8-12-9-14-4-7-18-12/h11-12,14H,3-10H2,1-2H3. The molecule has 5 nitrogen and oxygen atoms in total. The molecule has 2 unspecified atom stereocenters. The molecule has 2 saturated heterocycles. The monoisotopic (exact) mass is 255 g/mol. The van der Waals surface area contributed by atoms with E-state index in [2.05, 4.69) is 24.1 Å². The number of likely N-dealkylation sites (N-methyl/N-ethyl adjacent to an activating group) is 1. The first-order valence-corrected chi connectivity index (χ1v) is 7.05. The molecule has 5 heteroatoms. The first kappa shape index (κ1) is 13.8. The molecule has 18 heavy (non-hydrogen) atoms. The average molecular weight is 255 g/mol. The molecule has 2 aliphatic heterocycles. The summed E-state index contributed by atoms with van der Waals surface area (Å²) in [7, 11) is 0. The first-order valence-electron chi connectivity index (χ1n) is 7.05. The lowest BCUT2D eigenvalue weighted by molar-refractivity contribution is -0.137. The van der Waals surface area contributed by atoms with Gasteiger partial charge in [-0.2, -0.15) is 0 Å². The van der Waals surface area contributed by atoms with Gasteiger partial charge in [-0.05, 0) is 13.5 Å². The molecule has 1 N–H and O–H groups in total. The Morgan fingerprint density at radius 2 is 2.28 bits per heavy atom. The average Bonchev–Trinajstić information content (AvgIpc) is 2.39. The van der Waals surface area contributed by atoms with Gasteiger partial charge in [0.25, 0.3) is 0 Å². The summed E-state index contributed by atoms with van der Waals surface area (Å²) in [6.45, 7) is 10.6. The van der Waals surface area contributed by atoms with Crippen LogP contribution in [0.15, 0.2) is 0 Å². The lowest BCUT2D eigenvalue weighted by Gasteiger charge is -2.39. The summed E-state index contributed by atoms with van der Waals surface area (Å²) in [5.41, 5.74) is 0. The van der Waals surface area contributed by atoms with Crippen molar-refractivity contribution in [1.82, 2.24) is 15.1 Å². The molecule has 2 heterocycles. The molecule has 2 fully saturated rings. The number of nitrogens with zero attached hydrogens (tertiary/aromatic N) is 2. The molecule has 0 aromatic heterocycles. The molecule has 2 atom stereocenters. The van der Waals surface area contributed by atoms with Gasteiger partial charge in [0, 0.05) is 38.8 Å². The van der Waals surface area contributed by atoms with Gasteiger partial charge in [0.15, 0.2) is 0 Å². The highest BCUT2D eigenvalue weighted by molar-refractivity contribution is 5.77. The van der Waals surface area contributed by atoms with E-state index >= 15 is 0 Å². The van der Waals surface area contributed by atoms with Crippen molar-refractivity contribution in [1.29, 1.82) is 0 Å². The zero-order chi connectivity index (χ0) is 13.0. The van der Waals surface area contributed by atoms with E-state index in [0.717, 1.165) is 45.9 Å². The van der Waals surface area contributed by atoms with Gasteiger partial charge >= 0.3 is 0 Å². The molecular weight excluding hydrogens is 230 g/mol. The van der Waals surface area contributed by atoms with Crippen molar-refractivity contribution in [3.05, 3.63) is 0 Å². The van der Waals surface area contributed by atoms with E-state index in [1.54, 1.807) is 0 Å². The fourth-order valence-corrected chi connectivity index (χ4v) is 2.77. The van der Waals surface area contributed by atoms with Crippen molar-refractivity contribution in [3.63, 3.8) is 0 Å². The Labute approximate surface area is 109 Å². The SMILES string of the molecule is CCN1CCN(C(=O)CC2CNCCO2)CC1C. The van der Waals surface area contributed by atoms with Crippen molar-refractivity contribution in [2.24, 2.45) is 0 Å². The van der Waals surface area contributed by atoms with Gasteiger partial charge in [-0.1, -0.05) is 6.92 Å². The van der Waals surface area contributed by atoms with E-state index in [-0.39, 0.29) is 12.0 Å². The molecule has 104 valence electrons. The third kappa shape index (κ3) is 3.43. The lowest BCUT2D eigenvalue weighted by Crippen LogP contribution is -2.54. The Morgan fingerprint density at radius 3 is 2.89 bits per heavy atom. The fraction of sp³-hybridized carbons (Fsp3) is 0.923. The zero-order valence-corrected chi connectivity index (χ0v) is 11.5. The number of hydrogen-bond donors (Lipinski definition) is 1. The summed E-state index contributed by atoms with van der Waals surface area (Å²) in [6, 6.07) is 0.470. The predicted molar refractivity (Wildman–Crippen MR) is 70.5 cm³/mol. The maximum Gasteiger partial charge on any atom is 0.225 e. The Balaban J connectivity index is 1.79. The van der Waals surface area contributed by atoms with E-state index in [0.29, 0.717) is 12.5 Å². The topological polar surface area (TPSA) is 44.8 Å². The van der Waals surface area contributed by atoms with Crippen LogP contribution < -0.4 is 5.32 Å². The number of carbonyl (C=O) groups is 1. The van der Waals surface area contributed by atoms with Crippen LogP contribution >= 0.6 is 0 Å². The molecule has 2 rings (SSSR count). The third-order valence-electron chi connectivity index (χ3n) is 3.93. The van der Waals surface area contributed by atoms with Gasteiger partial charge in [0.2, 0.25) is 5.91 Å². The predicted octanol–water partition coefficient (Wildman–Crippen LogP) is -0.0825.